The third-order valence-corrected chi connectivity index (χ3v) is 5.79. The third-order valence-electron chi connectivity index (χ3n) is 4.52. The van der Waals surface area contributed by atoms with E-state index in [1.54, 1.807) is 42.5 Å². The molecule has 9 heteroatoms. The molecule has 0 unspecified atom stereocenters. The molecule has 0 fully saturated rings. The zero-order chi connectivity index (χ0) is 20.8. The Balaban J connectivity index is 2.00. The van der Waals surface area contributed by atoms with Gasteiger partial charge in [-0.25, -0.2) is 9.03 Å². The van der Waals surface area contributed by atoms with Crippen LogP contribution in [-0.2, 0) is 21.4 Å². The van der Waals surface area contributed by atoms with Crippen molar-refractivity contribution in [1.82, 2.24) is 4.72 Å². The standard InChI is InChI=1S/C20H16N2O6S/c23-15-5-7-17-14(10-15)4-6-16(13-3-1-2-12(8-13)9-19(25)26)20(17)22-11-18(24)21-29(22,27)28/h1-8,10-11,21,23-24H,9H2,(H,25,26). The molecule has 1 aliphatic heterocycles. The van der Waals surface area contributed by atoms with Crippen molar-refractivity contribution < 1.29 is 28.5 Å². The summed E-state index contributed by atoms with van der Waals surface area (Å²) in [5.74, 6) is -1.47. The van der Waals surface area contributed by atoms with Gasteiger partial charge >= 0.3 is 16.2 Å². The number of hydrogen-bond acceptors (Lipinski definition) is 5. The Kier molecular flexibility index (Phi) is 4.31. The summed E-state index contributed by atoms with van der Waals surface area (Å²) in [7, 11) is -4.07. The lowest BCUT2D eigenvalue weighted by Crippen LogP contribution is -2.30. The van der Waals surface area contributed by atoms with E-state index in [1.165, 1.54) is 12.1 Å². The predicted octanol–water partition coefficient (Wildman–Crippen LogP) is 2.85. The van der Waals surface area contributed by atoms with E-state index in [0.29, 0.717) is 27.5 Å². The van der Waals surface area contributed by atoms with Crippen LogP contribution in [0.15, 0.2) is 66.7 Å². The number of phenolic OH excluding ortho intramolecular Hbond substituents is 1. The number of carboxylic acid groups (broad SMARTS) is 1. The van der Waals surface area contributed by atoms with E-state index in [0.717, 1.165) is 10.5 Å². The van der Waals surface area contributed by atoms with Crippen LogP contribution in [0.5, 0.6) is 5.75 Å². The summed E-state index contributed by atoms with van der Waals surface area (Å²) in [6, 6.07) is 14.8. The first kappa shape index (κ1) is 18.6. The number of benzene rings is 3. The summed E-state index contributed by atoms with van der Waals surface area (Å²) in [6.45, 7) is 0. The molecular weight excluding hydrogens is 396 g/mol. The summed E-state index contributed by atoms with van der Waals surface area (Å²) in [4.78, 5) is 11.1. The topological polar surface area (TPSA) is 127 Å². The lowest BCUT2D eigenvalue weighted by atomic mass is 9.96. The zero-order valence-corrected chi connectivity index (χ0v) is 15.7. The lowest BCUT2D eigenvalue weighted by Gasteiger charge is -2.21. The highest BCUT2D eigenvalue weighted by molar-refractivity contribution is 7.91. The van der Waals surface area contributed by atoms with Crippen LogP contribution in [0.4, 0.5) is 5.69 Å². The number of aliphatic hydroxyl groups excluding tert-OH is 1. The maximum atomic E-state index is 12.6. The number of nitrogens with one attached hydrogen (secondary N) is 1. The van der Waals surface area contributed by atoms with E-state index < -0.39 is 22.1 Å². The predicted molar refractivity (Wildman–Crippen MR) is 108 cm³/mol. The van der Waals surface area contributed by atoms with Gasteiger partial charge < -0.3 is 15.3 Å². The number of carboxylic acids is 1. The zero-order valence-electron chi connectivity index (χ0n) is 14.9. The van der Waals surface area contributed by atoms with Crippen molar-refractivity contribution >= 4 is 32.6 Å². The van der Waals surface area contributed by atoms with Crippen molar-refractivity contribution in [1.29, 1.82) is 0 Å². The highest BCUT2D eigenvalue weighted by Gasteiger charge is 2.32. The summed E-state index contributed by atoms with van der Waals surface area (Å²) in [6.07, 6.45) is 0.885. The highest BCUT2D eigenvalue weighted by atomic mass is 32.2. The molecule has 8 nitrogen and oxygen atoms in total. The monoisotopic (exact) mass is 412 g/mol. The number of rotatable bonds is 4. The minimum atomic E-state index is -4.07. The molecule has 4 rings (SSSR count). The van der Waals surface area contributed by atoms with Crippen molar-refractivity contribution in [2.45, 2.75) is 6.42 Å². The Morgan fingerprint density at radius 1 is 1.03 bits per heavy atom. The summed E-state index contributed by atoms with van der Waals surface area (Å²) < 4.78 is 28.1. The van der Waals surface area contributed by atoms with E-state index in [-0.39, 0.29) is 17.9 Å². The second kappa shape index (κ2) is 6.71. The van der Waals surface area contributed by atoms with E-state index in [9.17, 15) is 23.4 Å². The molecule has 148 valence electrons. The van der Waals surface area contributed by atoms with Gasteiger partial charge in [-0.05, 0) is 34.7 Å². The number of nitrogens with zero attached hydrogens (tertiary/aromatic N) is 1. The molecule has 0 aliphatic carbocycles. The number of phenols is 1. The SMILES string of the molecule is O=C(O)Cc1cccc(-c2ccc3cc(O)ccc3c2N2C=C(O)NS2(=O)=O)c1. The minimum absolute atomic E-state index is 0.0282. The van der Waals surface area contributed by atoms with Crippen LogP contribution < -0.4 is 9.03 Å². The molecule has 0 saturated heterocycles. The number of aliphatic hydroxyl groups is 1. The first-order valence-corrected chi connectivity index (χ1v) is 9.98. The van der Waals surface area contributed by atoms with Crippen molar-refractivity contribution in [2.75, 3.05) is 4.31 Å². The van der Waals surface area contributed by atoms with Gasteiger partial charge in [0.15, 0.2) is 0 Å². The average molecular weight is 412 g/mol. The molecule has 0 bridgehead atoms. The highest BCUT2D eigenvalue weighted by Crippen LogP contribution is 2.41. The average Bonchev–Trinajstić information content (AvgIpc) is 2.92. The molecule has 0 aromatic heterocycles. The molecule has 1 heterocycles. The minimum Gasteiger partial charge on any atom is -0.508 e. The molecule has 0 saturated carbocycles. The van der Waals surface area contributed by atoms with Gasteiger partial charge in [-0.15, -0.1) is 0 Å². The van der Waals surface area contributed by atoms with Gasteiger partial charge in [0, 0.05) is 10.9 Å². The van der Waals surface area contributed by atoms with Crippen LogP contribution >= 0.6 is 0 Å². The van der Waals surface area contributed by atoms with Crippen LogP contribution in [0, 0.1) is 0 Å². The maximum absolute atomic E-state index is 12.6. The van der Waals surface area contributed by atoms with E-state index >= 15 is 0 Å². The van der Waals surface area contributed by atoms with Gasteiger partial charge in [0.1, 0.15) is 5.75 Å². The van der Waals surface area contributed by atoms with Gasteiger partial charge in [0.05, 0.1) is 18.3 Å². The number of carbonyl (C=O) groups is 1. The molecule has 0 atom stereocenters. The maximum Gasteiger partial charge on any atom is 0.330 e. The Labute approximate surface area is 166 Å². The van der Waals surface area contributed by atoms with E-state index in [1.807, 2.05) is 4.72 Å². The summed E-state index contributed by atoms with van der Waals surface area (Å²) >= 11 is 0. The summed E-state index contributed by atoms with van der Waals surface area (Å²) in [5, 5.41) is 29.7. The fraction of sp³-hybridized carbons (Fsp3) is 0.0500. The Bertz CT molecular complexity index is 1280. The first-order chi connectivity index (χ1) is 13.7. The van der Waals surface area contributed by atoms with Crippen LogP contribution in [0.3, 0.4) is 0 Å². The molecular formula is C20H16N2O6S. The van der Waals surface area contributed by atoms with Crippen molar-refractivity contribution in [3.63, 3.8) is 0 Å². The lowest BCUT2D eigenvalue weighted by molar-refractivity contribution is -0.136. The Morgan fingerprint density at radius 3 is 2.52 bits per heavy atom. The molecule has 0 spiro atoms. The smallest absolute Gasteiger partial charge is 0.330 e. The van der Waals surface area contributed by atoms with E-state index in [4.69, 9.17) is 5.11 Å². The van der Waals surface area contributed by atoms with Crippen LogP contribution in [0.2, 0.25) is 0 Å². The molecule has 3 aromatic carbocycles. The fourth-order valence-corrected chi connectivity index (χ4v) is 4.46. The van der Waals surface area contributed by atoms with Gasteiger partial charge in [-0.3, -0.25) is 4.79 Å². The largest absolute Gasteiger partial charge is 0.508 e. The number of fused-ring (bicyclic) bond motifs is 1. The van der Waals surface area contributed by atoms with Gasteiger partial charge in [0.2, 0.25) is 5.88 Å². The first-order valence-electron chi connectivity index (χ1n) is 8.54. The van der Waals surface area contributed by atoms with Crippen LogP contribution in [0.1, 0.15) is 5.56 Å². The van der Waals surface area contributed by atoms with Gasteiger partial charge in [-0.1, -0.05) is 36.4 Å². The van der Waals surface area contributed by atoms with E-state index in [2.05, 4.69) is 0 Å². The van der Waals surface area contributed by atoms with Crippen molar-refractivity contribution in [3.8, 4) is 16.9 Å². The number of hydrogen-bond donors (Lipinski definition) is 4. The molecule has 4 N–H and O–H groups in total. The van der Waals surface area contributed by atoms with Crippen molar-refractivity contribution in [3.05, 3.63) is 72.2 Å². The number of anilines is 1. The molecule has 0 amide bonds. The van der Waals surface area contributed by atoms with Gasteiger partial charge in [0.25, 0.3) is 0 Å². The normalized spacial score (nSPS) is 15.2. The second-order valence-corrected chi connectivity index (χ2v) is 8.10. The molecule has 3 aromatic rings. The van der Waals surface area contributed by atoms with Crippen LogP contribution in [-0.4, -0.2) is 29.7 Å². The Morgan fingerprint density at radius 2 is 1.83 bits per heavy atom. The molecule has 29 heavy (non-hydrogen) atoms. The number of aromatic hydroxyl groups is 1. The Hall–Kier alpha value is -3.72. The van der Waals surface area contributed by atoms with Crippen molar-refractivity contribution in [2.24, 2.45) is 0 Å². The van der Waals surface area contributed by atoms with Gasteiger partial charge in [-0.2, -0.15) is 8.42 Å². The third kappa shape index (κ3) is 3.43. The summed E-state index contributed by atoms with van der Waals surface area (Å²) in [5.41, 5.74) is 1.97. The molecule has 0 radical (unpaired) electrons. The molecule has 1 aliphatic rings. The number of aliphatic carboxylic acids is 1. The van der Waals surface area contributed by atoms with Crippen LogP contribution in [0.25, 0.3) is 21.9 Å². The fourth-order valence-electron chi connectivity index (χ4n) is 3.37. The second-order valence-electron chi connectivity index (χ2n) is 6.56. The quantitative estimate of drug-likeness (QED) is 0.522.